The monoisotopic (exact) mass is 266 g/mol. The summed E-state index contributed by atoms with van der Waals surface area (Å²) in [7, 11) is 0. The van der Waals surface area contributed by atoms with Crippen molar-refractivity contribution in [3.8, 4) is 0 Å². The second kappa shape index (κ2) is 5.61. The quantitative estimate of drug-likeness (QED) is 0.826. The highest BCUT2D eigenvalue weighted by molar-refractivity contribution is 6.31. The van der Waals surface area contributed by atoms with E-state index in [-0.39, 0.29) is 11.9 Å². The van der Waals surface area contributed by atoms with Crippen molar-refractivity contribution in [2.45, 2.75) is 38.6 Å². The Bertz CT molecular complexity index is 441. The number of carbonyl (C=O) groups is 1. The summed E-state index contributed by atoms with van der Waals surface area (Å²) < 4.78 is 0. The molecule has 1 saturated carbocycles. The first-order valence-electron chi connectivity index (χ1n) is 6.44. The smallest absolute Gasteiger partial charge is 0.253 e. The lowest BCUT2D eigenvalue weighted by Crippen LogP contribution is -2.37. The number of hydrogen-bond acceptors (Lipinski definition) is 2. The first-order chi connectivity index (χ1) is 8.58. The number of halogens is 1. The van der Waals surface area contributed by atoms with E-state index in [9.17, 15) is 4.79 Å². The van der Waals surface area contributed by atoms with E-state index in [1.54, 1.807) is 18.2 Å². The molecule has 18 heavy (non-hydrogen) atoms. The average Bonchev–Trinajstić information content (AvgIpc) is 2.81. The minimum Gasteiger partial charge on any atom is -0.398 e. The van der Waals surface area contributed by atoms with Crippen molar-refractivity contribution in [1.29, 1.82) is 0 Å². The van der Waals surface area contributed by atoms with Crippen LogP contribution in [0.15, 0.2) is 18.2 Å². The normalized spacial score (nSPS) is 17.7. The number of benzene rings is 1. The summed E-state index contributed by atoms with van der Waals surface area (Å²) in [6, 6.07) is 5.17. The lowest BCUT2D eigenvalue weighted by atomic mass is 9.99. The molecule has 1 aromatic carbocycles. The van der Waals surface area contributed by atoms with Crippen LogP contribution in [0.5, 0.6) is 0 Å². The van der Waals surface area contributed by atoms with E-state index < -0.39 is 0 Å². The molecule has 0 aliphatic heterocycles. The Morgan fingerprint density at radius 3 is 2.72 bits per heavy atom. The predicted molar refractivity (Wildman–Crippen MR) is 74.8 cm³/mol. The molecule has 3 N–H and O–H groups in total. The zero-order valence-electron chi connectivity index (χ0n) is 10.6. The van der Waals surface area contributed by atoms with Gasteiger partial charge in [-0.15, -0.1) is 0 Å². The van der Waals surface area contributed by atoms with Gasteiger partial charge >= 0.3 is 0 Å². The molecule has 1 fully saturated rings. The number of nitrogens with one attached hydrogen (secondary N) is 1. The molecule has 0 aromatic heterocycles. The molecule has 0 bridgehead atoms. The molecule has 98 valence electrons. The number of anilines is 1. The summed E-state index contributed by atoms with van der Waals surface area (Å²) in [5, 5.41) is 3.59. The van der Waals surface area contributed by atoms with Crippen molar-refractivity contribution >= 4 is 23.2 Å². The van der Waals surface area contributed by atoms with Crippen molar-refractivity contribution in [3.05, 3.63) is 28.8 Å². The maximum atomic E-state index is 12.1. The third-order valence-electron chi connectivity index (χ3n) is 3.72. The van der Waals surface area contributed by atoms with E-state index in [1.165, 1.54) is 25.7 Å². The first-order valence-corrected chi connectivity index (χ1v) is 6.81. The van der Waals surface area contributed by atoms with Crippen LogP contribution in [0.2, 0.25) is 5.02 Å². The summed E-state index contributed by atoms with van der Waals surface area (Å²) in [4.78, 5) is 12.1. The van der Waals surface area contributed by atoms with Crippen molar-refractivity contribution in [2.24, 2.45) is 5.92 Å². The maximum Gasteiger partial charge on any atom is 0.253 e. The fourth-order valence-corrected chi connectivity index (χ4v) is 2.78. The Labute approximate surface area is 113 Å². The van der Waals surface area contributed by atoms with Crippen LogP contribution in [0.4, 0.5) is 5.69 Å². The van der Waals surface area contributed by atoms with Crippen molar-refractivity contribution in [1.82, 2.24) is 5.32 Å². The van der Waals surface area contributed by atoms with Crippen LogP contribution in [0.25, 0.3) is 0 Å². The van der Waals surface area contributed by atoms with Gasteiger partial charge in [0.25, 0.3) is 5.91 Å². The van der Waals surface area contributed by atoms with E-state index in [1.807, 2.05) is 0 Å². The highest BCUT2D eigenvalue weighted by Crippen LogP contribution is 2.28. The number of amides is 1. The van der Waals surface area contributed by atoms with Crippen molar-refractivity contribution in [3.63, 3.8) is 0 Å². The highest BCUT2D eigenvalue weighted by atomic mass is 35.5. The Hall–Kier alpha value is -1.22. The summed E-state index contributed by atoms with van der Waals surface area (Å²) in [5.74, 6) is 0.492. The Kier molecular flexibility index (Phi) is 4.12. The van der Waals surface area contributed by atoms with E-state index in [4.69, 9.17) is 17.3 Å². The van der Waals surface area contributed by atoms with Gasteiger partial charge in [0.1, 0.15) is 0 Å². The maximum absolute atomic E-state index is 12.1. The van der Waals surface area contributed by atoms with Gasteiger partial charge in [-0.3, -0.25) is 4.79 Å². The second-order valence-corrected chi connectivity index (χ2v) is 5.47. The van der Waals surface area contributed by atoms with Crippen molar-refractivity contribution < 1.29 is 4.79 Å². The molecule has 0 radical (unpaired) electrons. The molecular formula is C14H19ClN2O. The Morgan fingerprint density at radius 1 is 1.44 bits per heavy atom. The molecule has 1 aromatic rings. The van der Waals surface area contributed by atoms with Crippen LogP contribution in [-0.2, 0) is 0 Å². The average molecular weight is 267 g/mol. The standard InChI is InChI=1S/C14H19ClN2O/c1-9(10-4-2-3-5-10)17-14(18)12-7-6-11(15)8-13(12)16/h6-10H,2-5,16H2,1H3,(H,17,18)/t9-/m1/s1. The third kappa shape index (κ3) is 2.96. The van der Waals surface area contributed by atoms with E-state index >= 15 is 0 Å². The zero-order valence-corrected chi connectivity index (χ0v) is 11.3. The predicted octanol–water partition coefficient (Wildman–Crippen LogP) is 3.23. The van der Waals surface area contributed by atoms with Gasteiger partial charge in [0.05, 0.1) is 5.56 Å². The molecule has 1 aliphatic carbocycles. The van der Waals surface area contributed by atoms with Gasteiger partial charge < -0.3 is 11.1 Å². The molecule has 4 heteroatoms. The molecule has 1 aliphatic rings. The molecule has 1 amide bonds. The van der Waals surface area contributed by atoms with Gasteiger partial charge in [0.2, 0.25) is 0 Å². The summed E-state index contributed by atoms with van der Waals surface area (Å²) in [5.41, 5.74) is 6.74. The molecule has 0 heterocycles. The number of rotatable bonds is 3. The van der Waals surface area contributed by atoms with Crippen LogP contribution in [0.1, 0.15) is 43.0 Å². The van der Waals surface area contributed by atoms with Gasteiger partial charge in [-0.25, -0.2) is 0 Å². The SMILES string of the molecule is C[C@@H](NC(=O)c1ccc(Cl)cc1N)C1CCCC1. The zero-order chi connectivity index (χ0) is 13.1. The van der Waals surface area contributed by atoms with Crippen LogP contribution in [-0.4, -0.2) is 11.9 Å². The van der Waals surface area contributed by atoms with Crippen molar-refractivity contribution in [2.75, 3.05) is 5.73 Å². The Morgan fingerprint density at radius 2 is 2.11 bits per heavy atom. The van der Waals surface area contributed by atoms with Crippen LogP contribution in [0, 0.1) is 5.92 Å². The highest BCUT2D eigenvalue weighted by Gasteiger charge is 2.23. The fraction of sp³-hybridized carbons (Fsp3) is 0.500. The summed E-state index contributed by atoms with van der Waals surface area (Å²) in [6.45, 7) is 2.07. The van der Waals surface area contributed by atoms with Gasteiger partial charge in [0, 0.05) is 16.8 Å². The topological polar surface area (TPSA) is 55.1 Å². The molecular weight excluding hydrogens is 248 g/mol. The molecule has 0 spiro atoms. The summed E-state index contributed by atoms with van der Waals surface area (Å²) in [6.07, 6.45) is 4.96. The minimum atomic E-state index is -0.108. The van der Waals surface area contributed by atoms with Crippen LogP contribution in [0.3, 0.4) is 0 Å². The molecule has 2 rings (SSSR count). The van der Waals surface area contributed by atoms with Gasteiger partial charge in [-0.1, -0.05) is 24.4 Å². The number of nitrogen functional groups attached to an aromatic ring is 1. The first kappa shape index (κ1) is 13.2. The molecule has 1 atom stereocenters. The summed E-state index contributed by atoms with van der Waals surface area (Å²) >= 11 is 5.82. The van der Waals surface area contributed by atoms with E-state index in [0.29, 0.717) is 22.2 Å². The molecule has 0 saturated heterocycles. The fourth-order valence-electron chi connectivity index (χ4n) is 2.60. The molecule has 0 unspecified atom stereocenters. The van der Waals surface area contributed by atoms with Crippen LogP contribution < -0.4 is 11.1 Å². The van der Waals surface area contributed by atoms with Gasteiger partial charge in [-0.05, 0) is 43.9 Å². The largest absolute Gasteiger partial charge is 0.398 e. The van der Waals surface area contributed by atoms with Crippen LogP contribution >= 0.6 is 11.6 Å². The van der Waals surface area contributed by atoms with Gasteiger partial charge in [0.15, 0.2) is 0 Å². The second-order valence-electron chi connectivity index (χ2n) is 5.04. The van der Waals surface area contributed by atoms with E-state index in [0.717, 1.165) is 0 Å². The third-order valence-corrected chi connectivity index (χ3v) is 3.96. The Balaban J connectivity index is 2.02. The number of carbonyl (C=O) groups excluding carboxylic acids is 1. The van der Waals surface area contributed by atoms with Gasteiger partial charge in [-0.2, -0.15) is 0 Å². The minimum absolute atomic E-state index is 0.108. The number of nitrogens with two attached hydrogens (primary N) is 1. The number of hydrogen-bond donors (Lipinski definition) is 2. The van der Waals surface area contributed by atoms with E-state index in [2.05, 4.69) is 12.2 Å². The lowest BCUT2D eigenvalue weighted by molar-refractivity contribution is 0.0928. The molecule has 3 nitrogen and oxygen atoms in total. The lowest BCUT2D eigenvalue weighted by Gasteiger charge is -2.20.